The Hall–Kier alpha value is -0.500. The minimum absolute atomic E-state index is 0.416. The van der Waals surface area contributed by atoms with Gasteiger partial charge in [0.2, 0.25) is 0 Å². The van der Waals surface area contributed by atoms with Crippen LogP contribution in [0.1, 0.15) is 24.0 Å². The molecule has 0 heterocycles. The second-order valence-corrected chi connectivity index (χ2v) is 5.32. The van der Waals surface area contributed by atoms with E-state index in [2.05, 4.69) is 48.0 Å². The zero-order chi connectivity index (χ0) is 10.1. The third-order valence-corrected chi connectivity index (χ3v) is 3.48. The third kappa shape index (κ3) is 1.95. The summed E-state index contributed by atoms with van der Waals surface area (Å²) < 4.78 is 5.95. The van der Waals surface area contributed by atoms with Gasteiger partial charge in [-0.3, -0.25) is 0 Å². The average molecular weight is 255 g/mol. The number of benzene rings is 1. The molecule has 0 bridgehead atoms. The highest BCUT2D eigenvalue weighted by Crippen LogP contribution is 2.33. The summed E-state index contributed by atoms with van der Waals surface area (Å²) in [6.07, 6.45) is 2.68. The summed E-state index contributed by atoms with van der Waals surface area (Å²) >= 11 is 3.57. The first-order valence-electron chi connectivity index (χ1n) is 5.04. The lowest BCUT2D eigenvalue weighted by Gasteiger charge is -2.32. The van der Waals surface area contributed by atoms with Crippen molar-refractivity contribution in [1.82, 2.24) is 0 Å². The van der Waals surface area contributed by atoms with Crippen molar-refractivity contribution in [3.63, 3.8) is 0 Å². The van der Waals surface area contributed by atoms with E-state index in [0.29, 0.717) is 10.9 Å². The van der Waals surface area contributed by atoms with E-state index in [-0.39, 0.29) is 0 Å². The molecule has 0 unspecified atom stereocenters. The Morgan fingerprint density at radius 1 is 1.21 bits per heavy atom. The van der Waals surface area contributed by atoms with Crippen molar-refractivity contribution >= 4 is 15.9 Å². The predicted octanol–water partition coefficient (Wildman–Crippen LogP) is 3.61. The third-order valence-electron chi connectivity index (χ3n) is 2.73. The molecule has 76 valence electrons. The van der Waals surface area contributed by atoms with E-state index < -0.39 is 0 Å². The van der Waals surface area contributed by atoms with Crippen molar-refractivity contribution in [1.29, 1.82) is 0 Å². The van der Waals surface area contributed by atoms with Gasteiger partial charge in [-0.15, -0.1) is 0 Å². The van der Waals surface area contributed by atoms with Crippen LogP contribution in [0.5, 0.6) is 5.75 Å². The molecule has 0 aliphatic heterocycles. The van der Waals surface area contributed by atoms with E-state index in [1.807, 2.05) is 0 Å². The molecule has 1 aromatic rings. The number of alkyl halides is 1. The van der Waals surface area contributed by atoms with E-state index >= 15 is 0 Å². The fourth-order valence-corrected chi connectivity index (χ4v) is 2.58. The lowest BCUT2D eigenvalue weighted by molar-refractivity contribution is 0.126. The minimum Gasteiger partial charge on any atom is -0.490 e. The zero-order valence-electron chi connectivity index (χ0n) is 8.59. The summed E-state index contributed by atoms with van der Waals surface area (Å²) in [7, 11) is 0. The number of ether oxygens (including phenoxy) is 1. The van der Waals surface area contributed by atoms with Crippen molar-refractivity contribution in [2.45, 2.75) is 37.6 Å². The molecule has 1 aliphatic rings. The van der Waals surface area contributed by atoms with Crippen LogP contribution in [-0.2, 0) is 0 Å². The van der Waals surface area contributed by atoms with Gasteiger partial charge in [-0.05, 0) is 37.8 Å². The summed E-state index contributed by atoms with van der Waals surface area (Å²) in [6.45, 7) is 4.21. The van der Waals surface area contributed by atoms with Gasteiger partial charge in [-0.25, -0.2) is 0 Å². The van der Waals surface area contributed by atoms with Crippen LogP contribution < -0.4 is 4.74 Å². The molecule has 0 N–H and O–H groups in total. The molecule has 1 saturated carbocycles. The van der Waals surface area contributed by atoms with Crippen LogP contribution in [-0.4, -0.2) is 10.9 Å². The van der Waals surface area contributed by atoms with Crippen molar-refractivity contribution < 1.29 is 4.74 Å². The SMILES string of the molecule is Cc1cccc(C)c1OC1CC(Br)C1. The molecule has 1 nitrogen and oxygen atoms in total. The van der Waals surface area contributed by atoms with Crippen molar-refractivity contribution in [2.24, 2.45) is 0 Å². The Morgan fingerprint density at radius 3 is 2.29 bits per heavy atom. The van der Waals surface area contributed by atoms with Gasteiger partial charge in [0.25, 0.3) is 0 Å². The maximum atomic E-state index is 5.95. The Kier molecular flexibility index (Phi) is 2.82. The molecule has 1 aliphatic carbocycles. The van der Waals surface area contributed by atoms with Gasteiger partial charge < -0.3 is 4.74 Å². The second kappa shape index (κ2) is 3.93. The highest BCUT2D eigenvalue weighted by atomic mass is 79.9. The molecule has 0 atom stereocenters. The first kappa shape index (κ1) is 10.0. The molecule has 0 aromatic heterocycles. The van der Waals surface area contributed by atoms with E-state index in [4.69, 9.17) is 4.74 Å². The van der Waals surface area contributed by atoms with Gasteiger partial charge in [-0.1, -0.05) is 34.1 Å². The summed E-state index contributed by atoms with van der Waals surface area (Å²) in [5.74, 6) is 1.08. The zero-order valence-corrected chi connectivity index (χ0v) is 10.2. The molecule has 2 heteroatoms. The van der Waals surface area contributed by atoms with Crippen LogP contribution in [0, 0.1) is 13.8 Å². The van der Waals surface area contributed by atoms with Crippen LogP contribution in [0.2, 0.25) is 0 Å². The second-order valence-electron chi connectivity index (χ2n) is 4.03. The van der Waals surface area contributed by atoms with Gasteiger partial charge in [0.05, 0.1) is 0 Å². The molecule has 14 heavy (non-hydrogen) atoms. The van der Waals surface area contributed by atoms with Crippen LogP contribution >= 0.6 is 15.9 Å². The smallest absolute Gasteiger partial charge is 0.125 e. The lowest BCUT2D eigenvalue weighted by Crippen LogP contribution is -2.34. The Labute approximate surface area is 93.6 Å². The van der Waals surface area contributed by atoms with E-state index in [0.717, 1.165) is 18.6 Å². The fourth-order valence-electron chi connectivity index (χ4n) is 1.75. The standard InChI is InChI=1S/C12H15BrO/c1-8-4-3-5-9(2)12(8)14-11-6-10(13)7-11/h3-5,10-11H,6-7H2,1-2H3. The maximum absolute atomic E-state index is 5.95. The first-order chi connectivity index (χ1) is 6.66. The fraction of sp³-hybridized carbons (Fsp3) is 0.500. The highest BCUT2D eigenvalue weighted by Gasteiger charge is 2.29. The highest BCUT2D eigenvalue weighted by molar-refractivity contribution is 9.09. The van der Waals surface area contributed by atoms with Gasteiger partial charge in [0.15, 0.2) is 0 Å². The Morgan fingerprint density at radius 2 is 1.79 bits per heavy atom. The van der Waals surface area contributed by atoms with Crippen LogP contribution in [0.25, 0.3) is 0 Å². The predicted molar refractivity (Wildman–Crippen MR) is 62.3 cm³/mol. The van der Waals surface area contributed by atoms with Crippen molar-refractivity contribution in [3.05, 3.63) is 29.3 Å². The summed E-state index contributed by atoms with van der Waals surface area (Å²) in [5, 5.41) is 0. The van der Waals surface area contributed by atoms with E-state index in [9.17, 15) is 0 Å². The molecule has 0 radical (unpaired) electrons. The molecule has 0 saturated heterocycles. The number of halogens is 1. The Balaban J connectivity index is 2.09. The number of hydrogen-bond acceptors (Lipinski definition) is 1. The Bertz CT molecular complexity index is 309. The lowest BCUT2D eigenvalue weighted by atomic mass is 9.95. The number of rotatable bonds is 2. The molecular weight excluding hydrogens is 240 g/mol. The monoisotopic (exact) mass is 254 g/mol. The topological polar surface area (TPSA) is 9.23 Å². The normalized spacial score (nSPS) is 25.6. The van der Waals surface area contributed by atoms with Gasteiger partial charge in [0, 0.05) is 4.83 Å². The average Bonchev–Trinajstić information content (AvgIpc) is 2.08. The summed E-state index contributed by atoms with van der Waals surface area (Å²) in [6, 6.07) is 6.28. The van der Waals surface area contributed by atoms with Gasteiger partial charge in [-0.2, -0.15) is 0 Å². The molecular formula is C12H15BrO. The number of aryl methyl sites for hydroxylation is 2. The number of para-hydroxylation sites is 1. The first-order valence-corrected chi connectivity index (χ1v) is 5.95. The van der Waals surface area contributed by atoms with Crippen molar-refractivity contribution in [2.75, 3.05) is 0 Å². The van der Waals surface area contributed by atoms with Gasteiger partial charge in [0.1, 0.15) is 11.9 Å². The van der Waals surface area contributed by atoms with E-state index in [1.165, 1.54) is 11.1 Å². The molecule has 0 spiro atoms. The summed E-state index contributed by atoms with van der Waals surface area (Å²) in [4.78, 5) is 0.664. The molecule has 1 fully saturated rings. The minimum atomic E-state index is 0.416. The molecule has 0 amide bonds. The van der Waals surface area contributed by atoms with E-state index in [1.54, 1.807) is 0 Å². The van der Waals surface area contributed by atoms with Crippen LogP contribution in [0.15, 0.2) is 18.2 Å². The quantitative estimate of drug-likeness (QED) is 0.733. The molecule has 2 rings (SSSR count). The van der Waals surface area contributed by atoms with Crippen molar-refractivity contribution in [3.8, 4) is 5.75 Å². The number of hydrogen-bond donors (Lipinski definition) is 0. The van der Waals surface area contributed by atoms with Crippen LogP contribution in [0.4, 0.5) is 0 Å². The van der Waals surface area contributed by atoms with Gasteiger partial charge >= 0.3 is 0 Å². The molecule has 1 aromatic carbocycles. The summed E-state index contributed by atoms with van der Waals surface area (Å²) in [5.41, 5.74) is 2.48. The largest absolute Gasteiger partial charge is 0.490 e. The maximum Gasteiger partial charge on any atom is 0.125 e. The van der Waals surface area contributed by atoms with Crippen LogP contribution in [0.3, 0.4) is 0 Å².